The fourth-order valence-corrected chi connectivity index (χ4v) is 6.21. The standard InChI is InChI=1S/C28H28FN7O/c1-15-11-19(12-16(2)26(15)29)36-27(25-21-6-5-18(31-21)13-22(25)32-36)35-10-9-34(28(35)37)23-7-8-24-20(17(23)3)14-30-33(24)4/h7-12,14,18,21,31H,5-6,13H2,1-4H3/t18-,21+/m1/s1. The molecule has 2 atom stereocenters. The molecule has 188 valence electrons. The molecule has 3 aromatic heterocycles. The highest BCUT2D eigenvalue weighted by Crippen LogP contribution is 2.40. The van der Waals surface area contributed by atoms with E-state index in [2.05, 4.69) is 10.4 Å². The number of benzene rings is 2. The van der Waals surface area contributed by atoms with Crippen LogP contribution >= 0.6 is 0 Å². The Kier molecular flexibility index (Phi) is 4.66. The lowest BCUT2D eigenvalue weighted by atomic mass is 10.0. The van der Waals surface area contributed by atoms with E-state index in [4.69, 9.17) is 5.10 Å². The van der Waals surface area contributed by atoms with Gasteiger partial charge in [-0.2, -0.15) is 10.2 Å². The average Bonchev–Trinajstić information content (AvgIpc) is 3.64. The molecule has 0 unspecified atom stereocenters. The van der Waals surface area contributed by atoms with Crippen LogP contribution in [0.4, 0.5) is 4.39 Å². The molecule has 2 aliphatic heterocycles. The predicted molar refractivity (Wildman–Crippen MR) is 140 cm³/mol. The fourth-order valence-electron chi connectivity index (χ4n) is 6.21. The minimum atomic E-state index is -0.215. The number of hydrogen-bond acceptors (Lipinski definition) is 4. The largest absolute Gasteiger partial charge is 0.338 e. The second kappa shape index (κ2) is 7.76. The quantitative estimate of drug-likeness (QED) is 0.407. The summed E-state index contributed by atoms with van der Waals surface area (Å²) < 4.78 is 21.5. The molecule has 2 aromatic carbocycles. The molecule has 5 aromatic rings. The van der Waals surface area contributed by atoms with Crippen LogP contribution in [-0.4, -0.2) is 34.7 Å². The van der Waals surface area contributed by atoms with Gasteiger partial charge in [0.05, 0.1) is 28.8 Å². The van der Waals surface area contributed by atoms with E-state index in [1.807, 2.05) is 54.1 Å². The van der Waals surface area contributed by atoms with Crippen molar-refractivity contribution in [2.24, 2.45) is 7.05 Å². The van der Waals surface area contributed by atoms with E-state index in [-0.39, 0.29) is 17.5 Å². The summed E-state index contributed by atoms with van der Waals surface area (Å²) >= 11 is 0. The van der Waals surface area contributed by atoms with Crippen molar-refractivity contribution < 1.29 is 4.39 Å². The second-order valence-corrected chi connectivity index (χ2v) is 10.4. The van der Waals surface area contributed by atoms with Gasteiger partial charge in [-0.25, -0.2) is 13.9 Å². The van der Waals surface area contributed by atoms with Crippen LogP contribution in [0.3, 0.4) is 0 Å². The zero-order chi connectivity index (χ0) is 25.6. The molecule has 0 spiro atoms. The van der Waals surface area contributed by atoms with Gasteiger partial charge in [0.2, 0.25) is 0 Å². The molecule has 37 heavy (non-hydrogen) atoms. The van der Waals surface area contributed by atoms with Gasteiger partial charge in [0.15, 0.2) is 0 Å². The maximum atomic E-state index is 14.5. The molecular formula is C28H28FN7O. The molecule has 0 amide bonds. The first kappa shape index (κ1) is 22.2. The number of rotatable bonds is 3. The van der Waals surface area contributed by atoms with Crippen molar-refractivity contribution in [3.05, 3.63) is 87.1 Å². The van der Waals surface area contributed by atoms with E-state index >= 15 is 0 Å². The van der Waals surface area contributed by atoms with E-state index in [1.165, 1.54) is 0 Å². The van der Waals surface area contributed by atoms with Gasteiger partial charge in [0.1, 0.15) is 11.6 Å². The molecular weight excluding hydrogens is 469 g/mol. The number of nitrogens with zero attached hydrogens (tertiary/aromatic N) is 6. The number of halogens is 1. The minimum Gasteiger partial charge on any atom is -0.307 e. The number of nitrogens with one attached hydrogen (secondary N) is 1. The first-order valence-electron chi connectivity index (χ1n) is 12.7. The minimum absolute atomic E-state index is 0.142. The molecule has 1 fully saturated rings. The Balaban J connectivity index is 1.46. The van der Waals surface area contributed by atoms with E-state index in [9.17, 15) is 9.18 Å². The van der Waals surface area contributed by atoms with Crippen LogP contribution in [-0.2, 0) is 13.5 Å². The molecule has 2 aliphatic rings. The van der Waals surface area contributed by atoms with Gasteiger partial charge in [0.25, 0.3) is 0 Å². The normalized spacial score (nSPS) is 18.6. The molecule has 7 rings (SSSR count). The smallest absolute Gasteiger partial charge is 0.307 e. The third-order valence-electron chi connectivity index (χ3n) is 8.10. The molecule has 0 aliphatic carbocycles. The molecule has 0 saturated carbocycles. The summed E-state index contributed by atoms with van der Waals surface area (Å²) in [6, 6.07) is 8.11. The maximum Gasteiger partial charge on any atom is 0.338 e. The Bertz CT molecular complexity index is 1760. The van der Waals surface area contributed by atoms with Crippen LogP contribution in [0.1, 0.15) is 46.8 Å². The number of hydrogen-bond donors (Lipinski definition) is 1. The molecule has 0 radical (unpaired) electrons. The average molecular weight is 498 g/mol. The van der Waals surface area contributed by atoms with Crippen LogP contribution in [0.25, 0.3) is 28.1 Å². The van der Waals surface area contributed by atoms with Crippen molar-refractivity contribution in [3.8, 4) is 17.2 Å². The molecule has 9 heteroatoms. The Morgan fingerprint density at radius 1 is 1.05 bits per heavy atom. The van der Waals surface area contributed by atoms with Gasteiger partial charge in [0, 0.05) is 48.9 Å². The Morgan fingerprint density at radius 3 is 2.59 bits per heavy atom. The van der Waals surface area contributed by atoms with Crippen LogP contribution in [0, 0.1) is 26.6 Å². The summed E-state index contributed by atoms with van der Waals surface area (Å²) in [5.74, 6) is 0.509. The van der Waals surface area contributed by atoms with Gasteiger partial charge < -0.3 is 5.32 Å². The lowest BCUT2D eigenvalue weighted by molar-refractivity contribution is 0.509. The number of imidazole rings is 1. The van der Waals surface area contributed by atoms with Crippen LogP contribution in [0.15, 0.2) is 47.7 Å². The van der Waals surface area contributed by atoms with E-state index < -0.39 is 0 Å². The second-order valence-electron chi connectivity index (χ2n) is 10.4. The highest BCUT2D eigenvalue weighted by Gasteiger charge is 2.38. The zero-order valence-electron chi connectivity index (χ0n) is 21.3. The Morgan fingerprint density at radius 2 is 1.81 bits per heavy atom. The zero-order valence-corrected chi connectivity index (χ0v) is 21.3. The maximum absolute atomic E-state index is 14.5. The van der Waals surface area contributed by atoms with E-state index in [1.54, 1.807) is 35.1 Å². The highest BCUT2D eigenvalue weighted by molar-refractivity contribution is 5.85. The monoisotopic (exact) mass is 497 g/mol. The summed E-state index contributed by atoms with van der Waals surface area (Å²) in [6.07, 6.45) is 8.37. The van der Waals surface area contributed by atoms with Crippen molar-refractivity contribution in [1.29, 1.82) is 0 Å². The molecule has 1 saturated heterocycles. The molecule has 2 bridgehead atoms. The molecule has 1 N–H and O–H groups in total. The van der Waals surface area contributed by atoms with Crippen LogP contribution < -0.4 is 11.0 Å². The van der Waals surface area contributed by atoms with Gasteiger partial charge in [-0.05, 0) is 74.6 Å². The highest BCUT2D eigenvalue weighted by atomic mass is 19.1. The van der Waals surface area contributed by atoms with Crippen molar-refractivity contribution in [1.82, 2.24) is 34.0 Å². The van der Waals surface area contributed by atoms with Gasteiger partial charge >= 0.3 is 5.69 Å². The molecule has 8 nitrogen and oxygen atoms in total. The Labute approximate surface area is 212 Å². The van der Waals surface area contributed by atoms with E-state index in [0.717, 1.165) is 64.2 Å². The topological polar surface area (TPSA) is 74.6 Å². The third-order valence-corrected chi connectivity index (χ3v) is 8.10. The van der Waals surface area contributed by atoms with Gasteiger partial charge in [-0.1, -0.05) is 0 Å². The first-order chi connectivity index (χ1) is 17.8. The van der Waals surface area contributed by atoms with Gasteiger partial charge in [-0.15, -0.1) is 0 Å². The van der Waals surface area contributed by atoms with Crippen molar-refractivity contribution in [2.45, 2.75) is 52.1 Å². The van der Waals surface area contributed by atoms with Crippen LogP contribution in [0.2, 0.25) is 0 Å². The van der Waals surface area contributed by atoms with Gasteiger partial charge in [-0.3, -0.25) is 13.8 Å². The van der Waals surface area contributed by atoms with E-state index in [0.29, 0.717) is 17.2 Å². The summed E-state index contributed by atoms with van der Waals surface area (Å²) in [5.41, 5.74) is 6.59. The summed E-state index contributed by atoms with van der Waals surface area (Å²) in [4.78, 5) is 14.0. The molecule has 5 heterocycles. The lowest BCUT2D eigenvalue weighted by Crippen LogP contribution is -2.32. The number of aryl methyl sites for hydroxylation is 4. The lowest BCUT2D eigenvalue weighted by Gasteiger charge is -2.21. The summed E-state index contributed by atoms with van der Waals surface area (Å²) in [5, 5.41) is 14.1. The summed E-state index contributed by atoms with van der Waals surface area (Å²) in [7, 11) is 1.91. The SMILES string of the molecule is Cc1cc(-n2nc3c(c2-n2ccn(-c4ccc5c(cnn5C)c4C)c2=O)[C@@H]2CC[C@H](C3)N2)cc(C)c1F. The fraction of sp³-hybridized carbons (Fsp3) is 0.321. The Hall–Kier alpha value is -3.98. The first-order valence-corrected chi connectivity index (χ1v) is 12.7. The van der Waals surface area contributed by atoms with Crippen molar-refractivity contribution in [2.75, 3.05) is 0 Å². The third kappa shape index (κ3) is 3.13. The number of aromatic nitrogens is 6. The number of fused-ring (bicyclic) bond motifs is 5. The van der Waals surface area contributed by atoms with Crippen molar-refractivity contribution >= 4 is 10.9 Å². The van der Waals surface area contributed by atoms with Crippen molar-refractivity contribution in [3.63, 3.8) is 0 Å². The predicted octanol–water partition coefficient (Wildman–Crippen LogP) is 4.11. The summed E-state index contributed by atoms with van der Waals surface area (Å²) in [6.45, 7) is 5.54. The van der Waals surface area contributed by atoms with Crippen LogP contribution in [0.5, 0.6) is 0 Å².